The first-order valence-electron chi connectivity index (χ1n) is 5.93. The number of aliphatic hydroxyl groups excluding tert-OH is 1. The van der Waals surface area contributed by atoms with Crippen molar-refractivity contribution in [2.45, 2.75) is 25.9 Å². The molecule has 1 unspecified atom stereocenters. The van der Waals surface area contributed by atoms with Gasteiger partial charge in [0.2, 0.25) is 5.91 Å². The molecule has 1 rings (SSSR count). The van der Waals surface area contributed by atoms with Gasteiger partial charge in [0.1, 0.15) is 0 Å². The average molecular weight is 285 g/mol. The molecule has 0 heterocycles. The van der Waals surface area contributed by atoms with Crippen LogP contribution in [-0.4, -0.2) is 30.1 Å². The number of rotatable bonds is 5. The molecule has 0 aliphatic heterocycles. The zero-order chi connectivity index (χ0) is 14.4. The second-order valence-corrected chi connectivity index (χ2v) is 4.62. The van der Waals surface area contributed by atoms with Crippen LogP contribution in [0.15, 0.2) is 18.2 Å². The normalized spacial score (nSPS) is 11.8. The van der Waals surface area contributed by atoms with Crippen molar-refractivity contribution < 1.29 is 14.7 Å². The van der Waals surface area contributed by atoms with Gasteiger partial charge in [0.15, 0.2) is 0 Å². The topological polar surface area (TPSA) is 78.4 Å². The maximum absolute atomic E-state index is 11.6. The Bertz CT molecular complexity index is 475. The molecule has 3 N–H and O–H groups in total. The SMILES string of the molecule is CNC(=O)c1ccc(Cl)c(NC(=O)CCC(C)O)c1. The van der Waals surface area contributed by atoms with Crippen LogP contribution < -0.4 is 10.6 Å². The van der Waals surface area contributed by atoms with Gasteiger partial charge in [-0.1, -0.05) is 11.6 Å². The molecule has 1 aromatic rings. The predicted molar refractivity (Wildman–Crippen MR) is 74.4 cm³/mol. The summed E-state index contributed by atoms with van der Waals surface area (Å²) in [7, 11) is 1.53. The number of amides is 2. The van der Waals surface area contributed by atoms with E-state index in [0.29, 0.717) is 22.7 Å². The lowest BCUT2D eigenvalue weighted by Gasteiger charge is -2.09. The fraction of sp³-hybridized carbons (Fsp3) is 0.385. The third-order valence-electron chi connectivity index (χ3n) is 2.52. The van der Waals surface area contributed by atoms with Gasteiger partial charge in [-0.05, 0) is 31.5 Å². The Morgan fingerprint density at radius 1 is 1.42 bits per heavy atom. The molecule has 0 aliphatic carbocycles. The highest BCUT2D eigenvalue weighted by Crippen LogP contribution is 2.23. The monoisotopic (exact) mass is 284 g/mol. The first-order chi connectivity index (χ1) is 8.93. The van der Waals surface area contributed by atoms with Gasteiger partial charge < -0.3 is 15.7 Å². The summed E-state index contributed by atoms with van der Waals surface area (Å²) in [4.78, 5) is 23.1. The molecule has 0 radical (unpaired) electrons. The van der Waals surface area contributed by atoms with E-state index >= 15 is 0 Å². The molecule has 0 aromatic heterocycles. The van der Waals surface area contributed by atoms with Gasteiger partial charge in [-0.2, -0.15) is 0 Å². The van der Waals surface area contributed by atoms with Crippen LogP contribution in [0.25, 0.3) is 0 Å². The third-order valence-corrected chi connectivity index (χ3v) is 2.85. The Labute approximate surface area is 117 Å². The van der Waals surface area contributed by atoms with Crippen LogP contribution in [0.5, 0.6) is 0 Å². The van der Waals surface area contributed by atoms with Crippen LogP contribution in [0.4, 0.5) is 5.69 Å². The molecule has 0 saturated carbocycles. The molecule has 0 spiro atoms. The second kappa shape index (κ2) is 7.11. The van der Waals surface area contributed by atoms with E-state index in [-0.39, 0.29) is 18.2 Å². The van der Waals surface area contributed by atoms with Crippen LogP contribution in [0.1, 0.15) is 30.1 Å². The first-order valence-corrected chi connectivity index (χ1v) is 6.31. The van der Waals surface area contributed by atoms with E-state index in [1.165, 1.54) is 13.1 Å². The van der Waals surface area contributed by atoms with E-state index in [2.05, 4.69) is 10.6 Å². The van der Waals surface area contributed by atoms with Crippen molar-refractivity contribution in [1.29, 1.82) is 0 Å². The highest BCUT2D eigenvalue weighted by molar-refractivity contribution is 6.33. The number of benzene rings is 1. The summed E-state index contributed by atoms with van der Waals surface area (Å²) in [6.45, 7) is 1.62. The highest BCUT2D eigenvalue weighted by Gasteiger charge is 2.10. The Hall–Kier alpha value is -1.59. The van der Waals surface area contributed by atoms with Crippen molar-refractivity contribution >= 4 is 29.1 Å². The molecule has 1 aromatic carbocycles. The number of halogens is 1. The second-order valence-electron chi connectivity index (χ2n) is 4.21. The number of carbonyl (C=O) groups excluding carboxylic acids is 2. The lowest BCUT2D eigenvalue weighted by molar-refractivity contribution is -0.116. The van der Waals surface area contributed by atoms with Crippen LogP contribution >= 0.6 is 11.6 Å². The number of nitrogens with one attached hydrogen (secondary N) is 2. The van der Waals surface area contributed by atoms with Crippen molar-refractivity contribution in [1.82, 2.24) is 5.32 Å². The minimum Gasteiger partial charge on any atom is -0.393 e. The van der Waals surface area contributed by atoms with Gasteiger partial charge in [-0.25, -0.2) is 0 Å². The molecular weight excluding hydrogens is 268 g/mol. The summed E-state index contributed by atoms with van der Waals surface area (Å²) >= 11 is 5.96. The summed E-state index contributed by atoms with van der Waals surface area (Å²) < 4.78 is 0. The summed E-state index contributed by atoms with van der Waals surface area (Å²) in [5, 5.41) is 14.6. The smallest absolute Gasteiger partial charge is 0.251 e. The van der Waals surface area contributed by atoms with Crippen molar-refractivity contribution in [3.63, 3.8) is 0 Å². The molecule has 0 aliphatic rings. The zero-order valence-corrected chi connectivity index (χ0v) is 11.6. The largest absolute Gasteiger partial charge is 0.393 e. The highest BCUT2D eigenvalue weighted by atomic mass is 35.5. The number of hydrogen-bond donors (Lipinski definition) is 3. The van der Waals surface area contributed by atoms with Gasteiger partial charge in [0, 0.05) is 19.0 Å². The van der Waals surface area contributed by atoms with Crippen molar-refractivity contribution in [3.8, 4) is 0 Å². The fourth-order valence-electron chi connectivity index (χ4n) is 1.46. The number of hydrogen-bond acceptors (Lipinski definition) is 3. The van der Waals surface area contributed by atoms with E-state index in [9.17, 15) is 9.59 Å². The summed E-state index contributed by atoms with van der Waals surface area (Å²) in [5.41, 5.74) is 0.802. The lowest BCUT2D eigenvalue weighted by Crippen LogP contribution is -2.19. The van der Waals surface area contributed by atoms with E-state index in [1.54, 1.807) is 19.1 Å². The molecule has 5 nitrogen and oxygen atoms in total. The molecule has 0 saturated heterocycles. The molecule has 2 amide bonds. The molecule has 0 bridgehead atoms. The Balaban J connectivity index is 2.77. The van der Waals surface area contributed by atoms with Crippen molar-refractivity contribution in [2.24, 2.45) is 0 Å². The van der Waals surface area contributed by atoms with Crippen LogP contribution in [0.2, 0.25) is 5.02 Å². The Morgan fingerprint density at radius 3 is 2.68 bits per heavy atom. The molecule has 1 atom stereocenters. The van der Waals surface area contributed by atoms with Gasteiger partial charge in [0.25, 0.3) is 5.91 Å². The van der Waals surface area contributed by atoms with Crippen LogP contribution in [-0.2, 0) is 4.79 Å². The van der Waals surface area contributed by atoms with E-state index < -0.39 is 6.10 Å². The summed E-state index contributed by atoms with van der Waals surface area (Å²) in [6, 6.07) is 4.64. The summed E-state index contributed by atoms with van der Waals surface area (Å²) in [5.74, 6) is -0.506. The van der Waals surface area contributed by atoms with Crippen LogP contribution in [0, 0.1) is 0 Å². The predicted octanol–water partition coefficient (Wildman–Crippen LogP) is 1.80. The molecular formula is C13H17ClN2O3. The van der Waals surface area contributed by atoms with E-state index in [4.69, 9.17) is 16.7 Å². The maximum atomic E-state index is 11.6. The number of carbonyl (C=O) groups is 2. The van der Waals surface area contributed by atoms with Crippen LogP contribution in [0.3, 0.4) is 0 Å². The molecule has 104 valence electrons. The minimum atomic E-state index is -0.529. The van der Waals surface area contributed by atoms with Gasteiger partial charge in [-0.3, -0.25) is 9.59 Å². The van der Waals surface area contributed by atoms with E-state index in [0.717, 1.165) is 0 Å². The Kier molecular flexibility index (Phi) is 5.79. The van der Waals surface area contributed by atoms with Gasteiger partial charge >= 0.3 is 0 Å². The zero-order valence-electron chi connectivity index (χ0n) is 10.9. The molecule has 6 heteroatoms. The first kappa shape index (κ1) is 15.5. The van der Waals surface area contributed by atoms with Gasteiger partial charge in [-0.15, -0.1) is 0 Å². The van der Waals surface area contributed by atoms with E-state index in [1.807, 2.05) is 0 Å². The third kappa shape index (κ3) is 4.89. The lowest BCUT2D eigenvalue weighted by atomic mass is 10.1. The number of anilines is 1. The minimum absolute atomic E-state index is 0.193. The molecule has 19 heavy (non-hydrogen) atoms. The van der Waals surface area contributed by atoms with Crippen molar-refractivity contribution in [2.75, 3.05) is 12.4 Å². The van der Waals surface area contributed by atoms with Crippen molar-refractivity contribution in [3.05, 3.63) is 28.8 Å². The summed E-state index contributed by atoms with van der Waals surface area (Å²) in [6.07, 6.45) is 0.0370. The number of aliphatic hydroxyl groups is 1. The standard InChI is InChI=1S/C13H17ClN2O3/c1-8(17)3-6-12(18)16-11-7-9(13(19)15-2)4-5-10(11)14/h4-5,7-8,17H,3,6H2,1-2H3,(H,15,19)(H,16,18). The average Bonchev–Trinajstić information content (AvgIpc) is 2.38. The fourth-order valence-corrected chi connectivity index (χ4v) is 1.62. The molecule has 0 fully saturated rings. The quantitative estimate of drug-likeness (QED) is 0.771. The maximum Gasteiger partial charge on any atom is 0.251 e. The Morgan fingerprint density at radius 2 is 2.11 bits per heavy atom. The van der Waals surface area contributed by atoms with Gasteiger partial charge in [0.05, 0.1) is 16.8 Å².